The summed E-state index contributed by atoms with van der Waals surface area (Å²) in [5.41, 5.74) is 0.871. The van der Waals surface area contributed by atoms with Gasteiger partial charge >= 0.3 is 0 Å². The molecule has 1 aromatic rings. The van der Waals surface area contributed by atoms with E-state index in [1.165, 1.54) is 0 Å². The van der Waals surface area contributed by atoms with Crippen LogP contribution in [0.5, 0.6) is 0 Å². The van der Waals surface area contributed by atoms with E-state index in [0.29, 0.717) is 26.1 Å². The molecule has 0 unspecified atom stereocenters. The summed E-state index contributed by atoms with van der Waals surface area (Å²) in [4.78, 5) is 15.7. The normalized spacial score (nSPS) is 10.5. The first-order valence-corrected chi connectivity index (χ1v) is 5.72. The van der Waals surface area contributed by atoms with Crippen molar-refractivity contribution in [1.29, 1.82) is 0 Å². The van der Waals surface area contributed by atoms with Gasteiger partial charge in [0.2, 0.25) is 0 Å². The molecule has 84 valence electrons. The molecule has 0 radical (unpaired) electrons. The van der Waals surface area contributed by atoms with Crippen molar-refractivity contribution in [2.24, 2.45) is 0 Å². The van der Waals surface area contributed by atoms with Gasteiger partial charge in [-0.3, -0.25) is 4.79 Å². The number of ketones is 1. The van der Waals surface area contributed by atoms with Crippen LogP contribution < -0.4 is 5.32 Å². The highest BCUT2D eigenvalue weighted by Crippen LogP contribution is 2.08. The Labute approximate surface area is 93.7 Å². The van der Waals surface area contributed by atoms with Crippen molar-refractivity contribution in [1.82, 2.24) is 10.3 Å². The zero-order valence-corrected chi connectivity index (χ0v) is 9.89. The lowest BCUT2D eigenvalue weighted by atomic mass is 10.2. The van der Waals surface area contributed by atoms with Gasteiger partial charge in [0, 0.05) is 19.0 Å². The molecule has 0 amide bonds. The van der Waals surface area contributed by atoms with Crippen LogP contribution in [0.1, 0.15) is 10.7 Å². The molecule has 1 N–H and O–H groups in total. The van der Waals surface area contributed by atoms with Crippen molar-refractivity contribution in [2.45, 2.75) is 13.3 Å². The predicted molar refractivity (Wildman–Crippen MR) is 60.3 cm³/mol. The zero-order valence-electron chi connectivity index (χ0n) is 9.08. The van der Waals surface area contributed by atoms with Gasteiger partial charge in [-0.15, -0.1) is 11.3 Å². The average Bonchev–Trinajstić information content (AvgIpc) is 2.59. The molecule has 0 bridgehead atoms. The Morgan fingerprint density at radius 3 is 3.07 bits per heavy atom. The first kappa shape index (κ1) is 12.3. The Hall–Kier alpha value is -0.780. The molecule has 0 saturated carbocycles. The summed E-state index contributed by atoms with van der Waals surface area (Å²) in [5.74, 6) is 0.163. The van der Waals surface area contributed by atoms with Crippen molar-refractivity contribution in [2.75, 3.05) is 26.8 Å². The minimum Gasteiger partial charge on any atom is -0.383 e. The van der Waals surface area contributed by atoms with Gasteiger partial charge < -0.3 is 10.1 Å². The average molecular weight is 228 g/mol. The lowest BCUT2D eigenvalue weighted by Gasteiger charge is -2.01. The van der Waals surface area contributed by atoms with Crippen LogP contribution in [-0.2, 0) is 16.0 Å². The Bertz CT molecular complexity index is 312. The van der Waals surface area contributed by atoms with Gasteiger partial charge in [-0.05, 0) is 6.92 Å². The smallest absolute Gasteiger partial charge is 0.152 e. The third-order valence-electron chi connectivity index (χ3n) is 1.85. The lowest BCUT2D eigenvalue weighted by Crippen LogP contribution is -2.27. The number of hydrogen-bond acceptors (Lipinski definition) is 5. The fraction of sp³-hybridized carbons (Fsp3) is 0.600. The summed E-state index contributed by atoms with van der Waals surface area (Å²) < 4.78 is 4.86. The second-order valence-corrected chi connectivity index (χ2v) is 4.31. The van der Waals surface area contributed by atoms with Gasteiger partial charge in [-0.25, -0.2) is 4.98 Å². The van der Waals surface area contributed by atoms with Crippen molar-refractivity contribution in [3.8, 4) is 0 Å². The maximum Gasteiger partial charge on any atom is 0.152 e. The van der Waals surface area contributed by atoms with Crippen molar-refractivity contribution >= 4 is 17.1 Å². The molecule has 0 aliphatic rings. The molecular weight excluding hydrogens is 212 g/mol. The SMILES string of the molecule is COCCNCC(=O)Cc1csc(C)n1. The molecule has 0 aliphatic carbocycles. The van der Waals surface area contributed by atoms with Crippen LogP contribution >= 0.6 is 11.3 Å². The molecule has 4 nitrogen and oxygen atoms in total. The molecule has 0 aliphatic heterocycles. The van der Waals surface area contributed by atoms with Gasteiger partial charge in [0.05, 0.1) is 30.3 Å². The molecule has 5 heteroatoms. The second-order valence-electron chi connectivity index (χ2n) is 3.24. The maximum absolute atomic E-state index is 11.4. The molecule has 1 rings (SSSR count). The second kappa shape index (κ2) is 6.66. The number of nitrogens with one attached hydrogen (secondary N) is 1. The van der Waals surface area contributed by atoms with Gasteiger partial charge in [-0.1, -0.05) is 0 Å². The van der Waals surface area contributed by atoms with E-state index in [9.17, 15) is 4.79 Å². The van der Waals surface area contributed by atoms with E-state index in [0.717, 1.165) is 10.7 Å². The van der Waals surface area contributed by atoms with Crippen molar-refractivity contribution < 1.29 is 9.53 Å². The molecule has 1 heterocycles. The quantitative estimate of drug-likeness (QED) is 0.701. The van der Waals surface area contributed by atoms with E-state index < -0.39 is 0 Å². The Morgan fingerprint density at radius 2 is 2.47 bits per heavy atom. The molecule has 0 atom stereocenters. The van der Waals surface area contributed by atoms with Gasteiger partial charge in [-0.2, -0.15) is 0 Å². The number of ether oxygens (including phenoxy) is 1. The monoisotopic (exact) mass is 228 g/mol. The first-order valence-electron chi connectivity index (χ1n) is 4.84. The van der Waals surface area contributed by atoms with E-state index in [2.05, 4.69) is 10.3 Å². The summed E-state index contributed by atoms with van der Waals surface area (Å²) in [6.07, 6.45) is 0.421. The van der Waals surface area contributed by atoms with Crippen LogP contribution in [0.25, 0.3) is 0 Å². The number of aryl methyl sites for hydroxylation is 1. The van der Waals surface area contributed by atoms with Crippen LogP contribution in [-0.4, -0.2) is 37.6 Å². The third kappa shape index (κ3) is 5.01. The number of nitrogens with zero attached hydrogens (tertiary/aromatic N) is 1. The van der Waals surface area contributed by atoms with Crippen LogP contribution in [0.4, 0.5) is 0 Å². The minimum atomic E-state index is 0.163. The van der Waals surface area contributed by atoms with Crippen molar-refractivity contribution in [3.63, 3.8) is 0 Å². The van der Waals surface area contributed by atoms with Crippen molar-refractivity contribution in [3.05, 3.63) is 16.1 Å². The molecule has 1 aromatic heterocycles. The lowest BCUT2D eigenvalue weighted by molar-refractivity contribution is -0.117. The van der Waals surface area contributed by atoms with E-state index in [1.54, 1.807) is 18.4 Å². The Kier molecular flexibility index (Phi) is 5.45. The van der Waals surface area contributed by atoms with E-state index in [-0.39, 0.29) is 5.78 Å². The Balaban J connectivity index is 2.18. The van der Waals surface area contributed by atoms with E-state index in [4.69, 9.17) is 4.74 Å². The maximum atomic E-state index is 11.4. The predicted octanol–water partition coefficient (Wildman–Crippen LogP) is 0.799. The largest absolute Gasteiger partial charge is 0.383 e. The number of carbonyl (C=O) groups excluding carboxylic acids is 1. The van der Waals surface area contributed by atoms with Gasteiger partial charge in [0.15, 0.2) is 5.78 Å². The fourth-order valence-corrected chi connectivity index (χ4v) is 1.77. The van der Waals surface area contributed by atoms with Gasteiger partial charge in [0.25, 0.3) is 0 Å². The zero-order chi connectivity index (χ0) is 11.1. The number of thiazole rings is 1. The van der Waals surface area contributed by atoms with Crippen LogP contribution in [0.15, 0.2) is 5.38 Å². The highest BCUT2D eigenvalue weighted by Gasteiger charge is 2.05. The van der Waals surface area contributed by atoms with Gasteiger partial charge in [0.1, 0.15) is 0 Å². The van der Waals surface area contributed by atoms with E-state index in [1.807, 2.05) is 12.3 Å². The number of rotatable bonds is 7. The summed E-state index contributed by atoms with van der Waals surface area (Å²) in [5, 5.41) is 5.95. The molecular formula is C10H16N2O2S. The molecule has 0 spiro atoms. The molecule has 0 fully saturated rings. The number of methoxy groups -OCH3 is 1. The number of hydrogen-bond donors (Lipinski definition) is 1. The van der Waals surface area contributed by atoms with E-state index >= 15 is 0 Å². The summed E-state index contributed by atoms with van der Waals surface area (Å²) >= 11 is 1.57. The standard InChI is InChI=1S/C10H16N2O2S/c1-8-12-9(7-15-8)5-10(13)6-11-3-4-14-2/h7,11H,3-6H2,1-2H3. The van der Waals surface area contributed by atoms with Crippen LogP contribution in [0.2, 0.25) is 0 Å². The highest BCUT2D eigenvalue weighted by atomic mass is 32.1. The fourth-order valence-electron chi connectivity index (χ4n) is 1.16. The van der Waals surface area contributed by atoms with Crippen LogP contribution in [0.3, 0.4) is 0 Å². The minimum absolute atomic E-state index is 0.163. The molecule has 0 aromatic carbocycles. The number of carbonyl (C=O) groups is 1. The summed E-state index contributed by atoms with van der Waals surface area (Å²) in [6.45, 7) is 3.66. The third-order valence-corrected chi connectivity index (χ3v) is 2.67. The Morgan fingerprint density at radius 1 is 1.67 bits per heavy atom. The molecule has 15 heavy (non-hydrogen) atoms. The first-order chi connectivity index (χ1) is 7.22. The summed E-state index contributed by atoms with van der Waals surface area (Å²) in [7, 11) is 1.64. The number of Topliss-reactive ketones (excluding diaryl/α,β-unsaturated/α-hetero) is 1. The topological polar surface area (TPSA) is 51.2 Å². The number of aromatic nitrogens is 1. The summed E-state index contributed by atoms with van der Waals surface area (Å²) in [6, 6.07) is 0. The molecule has 0 saturated heterocycles. The highest BCUT2D eigenvalue weighted by molar-refractivity contribution is 7.09. The van der Waals surface area contributed by atoms with Crippen LogP contribution in [0, 0.1) is 6.92 Å².